The lowest BCUT2D eigenvalue weighted by molar-refractivity contribution is -0.132. The predicted octanol–water partition coefficient (Wildman–Crippen LogP) is 1.91. The van der Waals surface area contributed by atoms with Crippen LogP contribution in [-0.4, -0.2) is 61.0 Å². The SMILES string of the molecule is O=C(CCN1CCCC1CCc1ccccc1)N1CCNCC1. The molecule has 2 aliphatic heterocycles. The molecule has 0 aromatic heterocycles. The Balaban J connectivity index is 1.42. The lowest BCUT2D eigenvalue weighted by atomic mass is 10.0. The summed E-state index contributed by atoms with van der Waals surface area (Å²) in [6, 6.07) is 11.4. The highest BCUT2D eigenvalue weighted by Gasteiger charge is 2.25. The molecular formula is C19H29N3O. The Kier molecular flexibility index (Phi) is 6.06. The van der Waals surface area contributed by atoms with E-state index in [1.165, 1.54) is 24.8 Å². The van der Waals surface area contributed by atoms with E-state index in [1.54, 1.807) is 0 Å². The van der Waals surface area contributed by atoms with E-state index in [-0.39, 0.29) is 0 Å². The molecule has 1 atom stereocenters. The molecule has 4 heteroatoms. The van der Waals surface area contributed by atoms with E-state index in [9.17, 15) is 4.79 Å². The van der Waals surface area contributed by atoms with E-state index >= 15 is 0 Å². The number of carbonyl (C=O) groups excluding carboxylic acids is 1. The van der Waals surface area contributed by atoms with Gasteiger partial charge in [0.05, 0.1) is 0 Å². The van der Waals surface area contributed by atoms with Crippen molar-refractivity contribution in [3.63, 3.8) is 0 Å². The molecule has 0 saturated carbocycles. The first kappa shape index (κ1) is 16.5. The molecule has 0 aliphatic carbocycles. The van der Waals surface area contributed by atoms with Gasteiger partial charge >= 0.3 is 0 Å². The van der Waals surface area contributed by atoms with Gasteiger partial charge in [-0.15, -0.1) is 0 Å². The number of nitrogens with one attached hydrogen (secondary N) is 1. The second kappa shape index (κ2) is 8.46. The maximum Gasteiger partial charge on any atom is 0.223 e. The summed E-state index contributed by atoms with van der Waals surface area (Å²) in [5, 5.41) is 3.30. The van der Waals surface area contributed by atoms with Crippen LogP contribution in [-0.2, 0) is 11.2 Å². The van der Waals surface area contributed by atoms with Gasteiger partial charge in [-0.3, -0.25) is 9.69 Å². The van der Waals surface area contributed by atoms with Gasteiger partial charge in [0.2, 0.25) is 5.91 Å². The highest BCUT2D eigenvalue weighted by atomic mass is 16.2. The molecule has 1 amide bonds. The van der Waals surface area contributed by atoms with Gasteiger partial charge in [-0.05, 0) is 37.8 Å². The van der Waals surface area contributed by atoms with Crippen LogP contribution in [0.2, 0.25) is 0 Å². The van der Waals surface area contributed by atoms with E-state index in [1.807, 2.05) is 4.90 Å². The van der Waals surface area contributed by atoms with E-state index in [0.29, 0.717) is 18.4 Å². The van der Waals surface area contributed by atoms with Crippen molar-refractivity contribution in [1.29, 1.82) is 0 Å². The summed E-state index contributed by atoms with van der Waals surface area (Å²) in [5.41, 5.74) is 1.43. The van der Waals surface area contributed by atoms with Crippen LogP contribution in [0.25, 0.3) is 0 Å². The smallest absolute Gasteiger partial charge is 0.223 e. The van der Waals surface area contributed by atoms with Crippen LogP contribution in [0, 0.1) is 0 Å². The molecule has 0 radical (unpaired) electrons. The van der Waals surface area contributed by atoms with Crippen molar-refractivity contribution in [2.75, 3.05) is 39.3 Å². The minimum absolute atomic E-state index is 0.334. The van der Waals surface area contributed by atoms with Gasteiger partial charge in [0.25, 0.3) is 0 Å². The normalized spacial score (nSPS) is 22.4. The van der Waals surface area contributed by atoms with Gasteiger partial charge in [0.15, 0.2) is 0 Å². The van der Waals surface area contributed by atoms with Gasteiger partial charge in [-0.1, -0.05) is 30.3 Å². The molecule has 2 saturated heterocycles. The first-order valence-electron chi connectivity index (χ1n) is 9.09. The maximum absolute atomic E-state index is 12.3. The number of amides is 1. The lowest BCUT2D eigenvalue weighted by Crippen LogP contribution is -2.47. The minimum atomic E-state index is 0.334. The highest BCUT2D eigenvalue weighted by molar-refractivity contribution is 5.76. The van der Waals surface area contributed by atoms with Crippen molar-refractivity contribution >= 4 is 5.91 Å². The van der Waals surface area contributed by atoms with Gasteiger partial charge in [-0.2, -0.15) is 0 Å². The number of hydrogen-bond donors (Lipinski definition) is 1. The highest BCUT2D eigenvalue weighted by Crippen LogP contribution is 2.22. The van der Waals surface area contributed by atoms with Crippen LogP contribution < -0.4 is 5.32 Å². The zero-order valence-electron chi connectivity index (χ0n) is 14.0. The third-order valence-electron chi connectivity index (χ3n) is 5.19. The third-order valence-corrected chi connectivity index (χ3v) is 5.19. The monoisotopic (exact) mass is 315 g/mol. The van der Waals surface area contributed by atoms with Gasteiger partial charge in [0, 0.05) is 45.2 Å². The van der Waals surface area contributed by atoms with E-state index in [2.05, 4.69) is 40.5 Å². The molecule has 0 spiro atoms. The van der Waals surface area contributed by atoms with Crippen LogP contribution in [0.3, 0.4) is 0 Å². The van der Waals surface area contributed by atoms with Crippen LogP contribution in [0.4, 0.5) is 0 Å². The minimum Gasteiger partial charge on any atom is -0.340 e. The van der Waals surface area contributed by atoms with E-state index in [0.717, 1.165) is 45.7 Å². The Bertz CT molecular complexity index is 485. The average Bonchev–Trinajstić information content (AvgIpc) is 3.07. The summed E-state index contributed by atoms with van der Waals surface area (Å²) < 4.78 is 0. The number of aryl methyl sites for hydroxylation is 1. The second-order valence-electron chi connectivity index (χ2n) is 6.74. The Hall–Kier alpha value is -1.39. The zero-order valence-corrected chi connectivity index (χ0v) is 14.0. The molecule has 2 fully saturated rings. The second-order valence-corrected chi connectivity index (χ2v) is 6.74. The summed E-state index contributed by atoms with van der Waals surface area (Å²) in [5.74, 6) is 0.334. The number of likely N-dealkylation sites (tertiary alicyclic amines) is 1. The van der Waals surface area contributed by atoms with E-state index in [4.69, 9.17) is 0 Å². The number of benzene rings is 1. The number of piperazine rings is 1. The quantitative estimate of drug-likeness (QED) is 0.871. The molecule has 1 aromatic rings. The summed E-state index contributed by atoms with van der Waals surface area (Å²) >= 11 is 0. The van der Waals surface area contributed by atoms with Crippen LogP contribution >= 0.6 is 0 Å². The Morgan fingerprint density at radius 1 is 1.13 bits per heavy atom. The van der Waals surface area contributed by atoms with Crippen LogP contribution in [0.15, 0.2) is 30.3 Å². The van der Waals surface area contributed by atoms with Crippen molar-refractivity contribution < 1.29 is 4.79 Å². The fourth-order valence-electron chi connectivity index (χ4n) is 3.81. The number of carbonyl (C=O) groups is 1. The Morgan fingerprint density at radius 2 is 1.91 bits per heavy atom. The Labute approximate surface area is 139 Å². The molecule has 1 aromatic carbocycles. The molecule has 4 nitrogen and oxygen atoms in total. The predicted molar refractivity (Wildman–Crippen MR) is 93.4 cm³/mol. The first-order valence-corrected chi connectivity index (χ1v) is 9.09. The molecule has 1 unspecified atom stereocenters. The Morgan fingerprint density at radius 3 is 2.70 bits per heavy atom. The summed E-state index contributed by atoms with van der Waals surface area (Å²) in [7, 11) is 0. The molecular weight excluding hydrogens is 286 g/mol. The maximum atomic E-state index is 12.3. The molecule has 126 valence electrons. The average molecular weight is 315 g/mol. The van der Waals surface area contributed by atoms with Gasteiger partial charge in [-0.25, -0.2) is 0 Å². The van der Waals surface area contributed by atoms with Crippen molar-refractivity contribution in [3.8, 4) is 0 Å². The summed E-state index contributed by atoms with van der Waals surface area (Å²) in [6.45, 7) is 5.72. The number of rotatable bonds is 6. The van der Waals surface area contributed by atoms with Crippen molar-refractivity contribution in [3.05, 3.63) is 35.9 Å². The van der Waals surface area contributed by atoms with Crippen LogP contribution in [0.1, 0.15) is 31.2 Å². The fourth-order valence-corrected chi connectivity index (χ4v) is 3.81. The van der Waals surface area contributed by atoms with Crippen molar-refractivity contribution in [2.45, 2.75) is 38.1 Å². The summed E-state index contributed by atoms with van der Waals surface area (Å²) in [6.07, 6.45) is 5.61. The number of nitrogens with zero attached hydrogens (tertiary/aromatic N) is 2. The molecule has 0 bridgehead atoms. The van der Waals surface area contributed by atoms with Gasteiger partial charge < -0.3 is 10.2 Å². The van der Waals surface area contributed by atoms with E-state index < -0.39 is 0 Å². The van der Waals surface area contributed by atoms with Crippen molar-refractivity contribution in [1.82, 2.24) is 15.1 Å². The molecule has 2 aliphatic rings. The molecule has 3 rings (SSSR count). The molecule has 1 N–H and O–H groups in total. The number of hydrogen-bond acceptors (Lipinski definition) is 3. The largest absolute Gasteiger partial charge is 0.340 e. The van der Waals surface area contributed by atoms with Crippen LogP contribution in [0.5, 0.6) is 0 Å². The summed E-state index contributed by atoms with van der Waals surface area (Å²) in [4.78, 5) is 16.9. The third kappa shape index (κ3) is 4.79. The van der Waals surface area contributed by atoms with Gasteiger partial charge in [0.1, 0.15) is 0 Å². The van der Waals surface area contributed by atoms with Crippen molar-refractivity contribution in [2.24, 2.45) is 0 Å². The fraction of sp³-hybridized carbons (Fsp3) is 0.632. The lowest BCUT2D eigenvalue weighted by Gasteiger charge is -2.29. The standard InChI is InChI=1S/C19H29N3O/c23-19(22-15-11-20-12-16-22)10-14-21-13-4-7-18(21)9-8-17-5-2-1-3-6-17/h1-3,5-6,18,20H,4,7-16H2. The zero-order chi connectivity index (χ0) is 15.9. The molecule has 2 heterocycles. The first-order chi connectivity index (χ1) is 11.3. The molecule has 23 heavy (non-hydrogen) atoms. The topological polar surface area (TPSA) is 35.6 Å².